The van der Waals surface area contributed by atoms with Gasteiger partial charge in [-0.05, 0) is 50.1 Å². The van der Waals surface area contributed by atoms with Crippen LogP contribution in [-0.2, 0) is 14.6 Å². The first-order chi connectivity index (χ1) is 13.7. The number of halogens is 1. The fourth-order valence-corrected chi connectivity index (χ4v) is 4.68. The summed E-state index contributed by atoms with van der Waals surface area (Å²) in [5.74, 6) is -0.244. The van der Waals surface area contributed by atoms with Crippen LogP contribution in [0.15, 0.2) is 51.9 Å². The zero-order valence-electron chi connectivity index (χ0n) is 16.3. The lowest BCUT2D eigenvalue weighted by Gasteiger charge is -2.10. The molecule has 6 nitrogen and oxygen atoms in total. The molecule has 0 radical (unpaired) electrons. The Bertz CT molecular complexity index is 1170. The predicted molar refractivity (Wildman–Crippen MR) is 113 cm³/mol. The first-order valence-electron chi connectivity index (χ1n) is 8.99. The number of aryl methyl sites for hydroxylation is 3. The molecule has 1 N–H and O–H groups in total. The van der Waals surface area contributed by atoms with Crippen LogP contribution in [0.25, 0.3) is 11.3 Å². The number of hydrogen-bond donors (Lipinski definition) is 1. The van der Waals surface area contributed by atoms with Crippen LogP contribution in [0.2, 0.25) is 5.02 Å². The van der Waals surface area contributed by atoms with Crippen LogP contribution in [0, 0.1) is 20.8 Å². The minimum Gasteiger partial charge on any atom is -0.356 e. The first-order valence-corrected chi connectivity index (χ1v) is 11.0. The molecule has 152 valence electrons. The molecular weight excluding hydrogens is 412 g/mol. The van der Waals surface area contributed by atoms with Crippen molar-refractivity contribution in [3.63, 3.8) is 0 Å². The molecule has 0 aliphatic heterocycles. The summed E-state index contributed by atoms with van der Waals surface area (Å²) in [6.07, 6.45) is -0.183. The third-order valence-electron chi connectivity index (χ3n) is 4.43. The molecule has 1 aromatic heterocycles. The number of hydrogen-bond acceptors (Lipinski definition) is 5. The first kappa shape index (κ1) is 21.1. The number of sulfone groups is 1. The fourth-order valence-electron chi connectivity index (χ4n) is 2.86. The number of nitrogens with zero attached hydrogens (tertiary/aromatic N) is 1. The lowest BCUT2D eigenvalue weighted by atomic mass is 10.1. The van der Waals surface area contributed by atoms with Crippen molar-refractivity contribution in [2.75, 3.05) is 11.1 Å². The van der Waals surface area contributed by atoms with Gasteiger partial charge in [0.15, 0.2) is 15.6 Å². The van der Waals surface area contributed by atoms with Crippen LogP contribution in [0.4, 0.5) is 5.69 Å². The molecule has 29 heavy (non-hydrogen) atoms. The minimum absolute atomic E-state index is 0.172. The van der Waals surface area contributed by atoms with E-state index in [2.05, 4.69) is 10.5 Å². The second-order valence-electron chi connectivity index (χ2n) is 6.91. The quantitative estimate of drug-likeness (QED) is 0.608. The van der Waals surface area contributed by atoms with Gasteiger partial charge in [0.1, 0.15) is 0 Å². The smallest absolute Gasteiger partial charge is 0.225 e. The highest BCUT2D eigenvalue weighted by atomic mass is 35.5. The molecule has 8 heteroatoms. The molecule has 0 saturated heterocycles. The highest BCUT2D eigenvalue weighted by Gasteiger charge is 2.20. The van der Waals surface area contributed by atoms with E-state index < -0.39 is 15.7 Å². The summed E-state index contributed by atoms with van der Waals surface area (Å²) in [4.78, 5) is 12.4. The van der Waals surface area contributed by atoms with Crippen LogP contribution in [0.5, 0.6) is 0 Å². The molecular formula is C21H21ClN2O4S. The Balaban J connectivity index is 1.74. The standard InChI is InChI=1S/C21H21ClN2O4S/c1-13-4-7-18(17(22)10-13)23-21(25)8-9-29(26,27)20-12-16(6-5-14(20)2)19-11-15(3)24-28-19/h4-7,10-12H,8-9H2,1-3H3,(H,23,25). The molecule has 0 unspecified atom stereocenters. The van der Waals surface area contributed by atoms with Crippen molar-refractivity contribution in [2.24, 2.45) is 0 Å². The van der Waals surface area contributed by atoms with Gasteiger partial charge in [0.05, 0.1) is 27.1 Å². The van der Waals surface area contributed by atoms with Crippen molar-refractivity contribution in [2.45, 2.75) is 32.1 Å². The second kappa shape index (κ2) is 8.39. The van der Waals surface area contributed by atoms with Crippen LogP contribution in [-0.4, -0.2) is 25.2 Å². The van der Waals surface area contributed by atoms with E-state index in [1.807, 2.05) is 13.0 Å². The van der Waals surface area contributed by atoms with Crippen LogP contribution in [0.1, 0.15) is 23.2 Å². The highest BCUT2D eigenvalue weighted by molar-refractivity contribution is 7.91. The Morgan fingerprint density at radius 2 is 1.86 bits per heavy atom. The summed E-state index contributed by atoms with van der Waals surface area (Å²) in [6.45, 7) is 5.40. The molecule has 0 fully saturated rings. The number of amides is 1. The minimum atomic E-state index is -3.67. The van der Waals surface area contributed by atoms with Crippen LogP contribution in [0.3, 0.4) is 0 Å². The summed E-state index contributed by atoms with van der Waals surface area (Å²) in [6, 6.07) is 12.0. The van der Waals surface area contributed by atoms with Gasteiger partial charge >= 0.3 is 0 Å². The van der Waals surface area contributed by atoms with Gasteiger partial charge in [-0.2, -0.15) is 0 Å². The van der Waals surface area contributed by atoms with Gasteiger partial charge in [-0.25, -0.2) is 8.42 Å². The van der Waals surface area contributed by atoms with E-state index in [-0.39, 0.29) is 17.1 Å². The molecule has 2 aromatic carbocycles. The molecule has 0 aliphatic rings. The van der Waals surface area contributed by atoms with E-state index in [1.54, 1.807) is 50.2 Å². The summed E-state index contributed by atoms with van der Waals surface area (Å²) >= 11 is 6.11. The Hall–Kier alpha value is -2.64. The van der Waals surface area contributed by atoms with Crippen molar-refractivity contribution < 1.29 is 17.7 Å². The van der Waals surface area contributed by atoms with E-state index in [1.165, 1.54) is 0 Å². The Kier molecular flexibility index (Phi) is 6.10. The van der Waals surface area contributed by atoms with Gasteiger partial charge in [-0.1, -0.05) is 35.0 Å². The third-order valence-corrected chi connectivity index (χ3v) is 6.60. The van der Waals surface area contributed by atoms with Crippen LogP contribution < -0.4 is 5.32 Å². The maximum absolute atomic E-state index is 12.9. The molecule has 0 spiro atoms. The molecule has 3 rings (SSSR count). The molecule has 0 aliphatic carbocycles. The Morgan fingerprint density at radius 3 is 2.52 bits per heavy atom. The number of benzene rings is 2. The molecule has 0 atom stereocenters. The van der Waals surface area contributed by atoms with Gasteiger partial charge in [0.2, 0.25) is 5.91 Å². The number of anilines is 1. The summed E-state index contributed by atoms with van der Waals surface area (Å²) in [5.41, 5.74) is 3.35. The summed E-state index contributed by atoms with van der Waals surface area (Å²) < 4.78 is 30.9. The van der Waals surface area contributed by atoms with Gasteiger partial charge in [0, 0.05) is 18.1 Å². The van der Waals surface area contributed by atoms with Gasteiger partial charge < -0.3 is 9.84 Å². The van der Waals surface area contributed by atoms with Crippen molar-refractivity contribution in [3.8, 4) is 11.3 Å². The SMILES string of the molecule is Cc1ccc(NC(=O)CCS(=O)(=O)c2cc(-c3cc(C)no3)ccc2C)c(Cl)c1. The topological polar surface area (TPSA) is 89.3 Å². The molecule has 1 heterocycles. The maximum atomic E-state index is 12.9. The molecule has 0 bridgehead atoms. The molecule has 3 aromatic rings. The van der Waals surface area contributed by atoms with Gasteiger partial charge in [0.25, 0.3) is 0 Å². The van der Waals surface area contributed by atoms with E-state index >= 15 is 0 Å². The number of nitrogens with one attached hydrogen (secondary N) is 1. The third kappa shape index (κ3) is 5.05. The van der Waals surface area contributed by atoms with Gasteiger partial charge in [-0.15, -0.1) is 0 Å². The average molecular weight is 433 g/mol. The zero-order chi connectivity index (χ0) is 21.2. The summed E-state index contributed by atoms with van der Waals surface area (Å²) in [7, 11) is -3.67. The molecule has 1 amide bonds. The predicted octanol–water partition coefficient (Wildman–Crippen LogP) is 4.72. The highest BCUT2D eigenvalue weighted by Crippen LogP contribution is 2.27. The number of rotatable bonds is 6. The van der Waals surface area contributed by atoms with E-state index in [0.29, 0.717) is 33.3 Å². The van der Waals surface area contributed by atoms with Crippen molar-refractivity contribution in [1.82, 2.24) is 5.16 Å². The van der Waals surface area contributed by atoms with Crippen molar-refractivity contribution in [1.29, 1.82) is 0 Å². The van der Waals surface area contributed by atoms with Crippen molar-refractivity contribution in [3.05, 3.63) is 64.3 Å². The maximum Gasteiger partial charge on any atom is 0.225 e. The normalized spacial score (nSPS) is 11.4. The molecule has 0 saturated carbocycles. The Labute approximate surface area is 174 Å². The lowest BCUT2D eigenvalue weighted by Crippen LogP contribution is -2.18. The number of carbonyl (C=O) groups excluding carboxylic acids is 1. The number of carbonyl (C=O) groups is 1. The van der Waals surface area contributed by atoms with E-state index in [4.69, 9.17) is 16.1 Å². The summed E-state index contributed by atoms with van der Waals surface area (Å²) in [5, 5.41) is 6.90. The Morgan fingerprint density at radius 1 is 1.10 bits per heavy atom. The van der Waals surface area contributed by atoms with Crippen molar-refractivity contribution >= 4 is 33.0 Å². The average Bonchev–Trinajstić information content (AvgIpc) is 3.09. The zero-order valence-corrected chi connectivity index (χ0v) is 17.9. The lowest BCUT2D eigenvalue weighted by molar-refractivity contribution is -0.115. The van der Waals surface area contributed by atoms with Crippen LogP contribution >= 0.6 is 11.6 Å². The van der Waals surface area contributed by atoms with Gasteiger partial charge in [-0.3, -0.25) is 4.79 Å². The van der Waals surface area contributed by atoms with E-state index in [0.717, 1.165) is 5.56 Å². The van der Waals surface area contributed by atoms with E-state index in [9.17, 15) is 13.2 Å². The fraction of sp³-hybridized carbons (Fsp3) is 0.238. The monoisotopic (exact) mass is 432 g/mol. The number of aromatic nitrogens is 1. The second-order valence-corrected chi connectivity index (χ2v) is 9.40. The largest absolute Gasteiger partial charge is 0.356 e.